The monoisotopic (exact) mass is 278 g/mol. The molecule has 1 saturated heterocycles. The second-order valence-corrected chi connectivity index (χ2v) is 5.01. The minimum Gasteiger partial charge on any atom is -0.397 e. The number of rotatable bonds is 5. The molecule has 0 spiro atoms. The maximum absolute atomic E-state index is 12.4. The predicted octanol–water partition coefficient (Wildman–Crippen LogP) is 0.0833. The Balaban J connectivity index is 2.02. The summed E-state index contributed by atoms with van der Waals surface area (Å²) in [5.41, 5.74) is 18.4. The smallest absolute Gasteiger partial charge is 0.192 e. The molecule has 0 amide bonds. The highest BCUT2D eigenvalue weighted by Crippen LogP contribution is 2.19. The topological polar surface area (TPSA) is 108 Å². The van der Waals surface area contributed by atoms with E-state index in [0.717, 1.165) is 19.5 Å². The van der Waals surface area contributed by atoms with Gasteiger partial charge in [-0.1, -0.05) is 0 Å². The number of carbonyl (C=O) groups excluding carboxylic acids is 1. The molecule has 0 bridgehead atoms. The molecule has 0 aliphatic carbocycles. The Morgan fingerprint density at radius 3 is 2.85 bits per heavy atom. The number of nitrogens with zero attached hydrogens (tertiary/aromatic N) is 1. The van der Waals surface area contributed by atoms with Gasteiger partial charge in [0.15, 0.2) is 5.78 Å². The van der Waals surface area contributed by atoms with Crippen LogP contribution in [-0.4, -0.2) is 49.6 Å². The van der Waals surface area contributed by atoms with Gasteiger partial charge in [0.1, 0.15) is 6.10 Å². The van der Waals surface area contributed by atoms with Crippen LogP contribution in [-0.2, 0) is 4.74 Å². The molecular weight excluding hydrogens is 256 g/mol. The van der Waals surface area contributed by atoms with Gasteiger partial charge in [0, 0.05) is 18.7 Å². The summed E-state index contributed by atoms with van der Waals surface area (Å²) in [5, 5.41) is 0. The van der Waals surface area contributed by atoms with Crippen molar-refractivity contribution in [3.05, 3.63) is 23.8 Å². The second kappa shape index (κ2) is 6.69. The van der Waals surface area contributed by atoms with Crippen molar-refractivity contribution in [3.63, 3.8) is 0 Å². The van der Waals surface area contributed by atoms with Gasteiger partial charge in [0.05, 0.1) is 18.0 Å². The SMILES string of the molecule is NCCCN1CCOC(C(=O)c2ccc(N)c(N)c2)C1. The number of carbonyl (C=O) groups is 1. The lowest BCUT2D eigenvalue weighted by molar-refractivity contribution is -0.0165. The van der Waals surface area contributed by atoms with Crippen molar-refractivity contribution in [3.8, 4) is 0 Å². The second-order valence-electron chi connectivity index (χ2n) is 5.01. The first-order valence-electron chi connectivity index (χ1n) is 6.85. The van der Waals surface area contributed by atoms with Gasteiger partial charge in [0.2, 0.25) is 0 Å². The van der Waals surface area contributed by atoms with E-state index < -0.39 is 6.10 Å². The first-order valence-corrected chi connectivity index (χ1v) is 6.85. The minimum atomic E-state index is -0.440. The van der Waals surface area contributed by atoms with Crippen LogP contribution in [0.25, 0.3) is 0 Å². The zero-order chi connectivity index (χ0) is 14.5. The van der Waals surface area contributed by atoms with Crippen LogP contribution in [0.1, 0.15) is 16.8 Å². The summed E-state index contributed by atoms with van der Waals surface area (Å²) in [7, 11) is 0. The van der Waals surface area contributed by atoms with Crippen LogP contribution in [0.2, 0.25) is 0 Å². The Morgan fingerprint density at radius 1 is 1.35 bits per heavy atom. The Morgan fingerprint density at radius 2 is 2.15 bits per heavy atom. The zero-order valence-corrected chi connectivity index (χ0v) is 11.5. The van der Waals surface area contributed by atoms with E-state index in [1.165, 1.54) is 0 Å². The number of benzene rings is 1. The van der Waals surface area contributed by atoms with Crippen LogP contribution in [0.3, 0.4) is 0 Å². The fourth-order valence-electron chi connectivity index (χ4n) is 2.29. The van der Waals surface area contributed by atoms with E-state index in [4.69, 9.17) is 21.9 Å². The van der Waals surface area contributed by atoms with Gasteiger partial charge >= 0.3 is 0 Å². The minimum absolute atomic E-state index is 0.0471. The summed E-state index contributed by atoms with van der Waals surface area (Å²) in [6.07, 6.45) is 0.486. The van der Waals surface area contributed by atoms with E-state index in [1.54, 1.807) is 18.2 Å². The standard InChI is InChI=1S/C14H22N4O2/c15-4-1-5-18-6-7-20-13(9-18)14(19)10-2-3-11(16)12(17)8-10/h2-3,8,13H,1,4-7,9,15-17H2. The number of nitrogen functional groups attached to an aromatic ring is 2. The molecule has 1 unspecified atom stereocenters. The Labute approximate surface area is 118 Å². The van der Waals surface area contributed by atoms with Gasteiger partial charge in [-0.25, -0.2) is 0 Å². The number of morpholine rings is 1. The van der Waals surface area contributed by atoms with Crippen LogP contribution < -0.4 is 17.2 Å². The zero-order valence-electron chi connectivity index (χ0n) is 11.5. The Bertz CT molecular complexity index is 478. The van der Waals surface area contributed by atoms with Gasteiger partial charge in [-0.05, 0) is 37.7 Å². The molecule has 110 valence electrons. The number of hydrogen-bond donors (Lipinski definition) is 3. The number of Topliss-reactive ketones (excluding diaryl/α,β-unsaturated/α-hetero) is 1. The van der Waals surface area contributed by atoms with Gasteiger partial charge in [0.25, 0.3) is 0 Å². The molecule has 1 fully saturated rings. The lowest BCUT2D eigenvalue weighted by Crippen LogP contribution is -2.46. The number of nitrogens with two attached hydrogens (primary N) is 3. The van der Waals surface area contributed by atoms with Crippen LogP contribution in [0.4, 0.5) is 11.4 Å². The van der Waals surface area contributed by atoms with E-state index >= 15 is 0 Å². The number of hydrogen-bond acceptors (Lipinski definition) is 6. The quantitative estimate of drug-likeness (QED) is 0.520. The third-order valence-electron chi connectivity index (χ3n) is 3.49. The van der Waals surface area contributed by atoms with E-state index in [0.29, 0.717) is 36.6 Å². The van der Waals surface area contributed by atoms with Gasteiger partial charge in [-0.3, -0.25) is 9.69 Å². The van der Waals surface area contributed by atoms with Crippen LogP contribution >= 0.6 is 0 Å². The average molecular weight is 278 g/mol. The van der Waals surface area contributed by atoms with Gasteiger partial charge in [-0.2, -0.15) is 0 Å². The molecular formula is C14H22N4O2. The number of ether oxygens (including phenoxy) is 1. The largest absolute Gasteiger partial charge is 0.397 e. The lowest BCUT2D eigenvalue weighted by atomic mass is 10.0. The number of ketones is 1. The molecule has 0 saturated carbocycles. The molecule has 1 aliphatic rings. The van der Waals surface area contributed by atoms with Crippen molar-refractivity contribution >= 4 is 17.2 Å². The van der Waals surface area contributed by atoms with E-state index in [2.05, 4.69) is 4.90 Å². The molecule has 1 heterocycles. The molecule has 20 heavy (non-hydrogen) atoms. The molecule has 6 heteroatoms. The van der Waals surface area contributed by atoms with E-state index in [1.807, 2.05) is 0 Å². The average Bonchev–Trinajstić information content (AvgIpc) is 2.47. The molecule has 1 atom stereocenters. The summed E-state index contributed by atoms with van der Waals surface area (Å²) in [5.74, 6) is -0.0471. The fraction of sp³-hybridized carbons (Fsp3) is 0.500. The van der Waals surface area contributed by atoms with Crippen LogP contribution in [0.15, 0.2) is 18.2 Å². The highest BCUT2D eigenvalue weighted by atomic mass is 16.5. The predicted molar refractivity (Wildman–Crippen MR) is 79.4 cm³/mol. The summed E-state index contributed by atoms with van der Waals surface area (Å²) in [6.45, 7) is 3.56. The molecule has 1 aliphatic heterocycles. The van der Waals surface area contributed by atoms with E-state index in [-0.39, 0.29) is 5.78 Å². The van der Waals surface area contributed by atoms with Crippen molar-refractivity contribution in [1.29, 1.82) is 0 Å². The summed E-state index contributed by atoms with van der Waals surface area (Å²) < 4.78 is 5.58. The molecule has 6 nitrogen and oxygen atoms in total. The normalized spacial score (nSPS) is 19.9. The maximum atomic E-state index is 12.4. The van der Waals surface area contributed by atoms with Crippen molar-refractivity contribution < 1.29 is 9.53 Å². The first kappa shape index (κ1) is 14.8. The van der Waals surface area contributed by atoms with Gasteiger partial charge < -0.3 is 21.9 Å². The Hall–Kier alpha value is -1.63. The van der Waals surface area contributed by atoms with Crippen LogP contribution in [0.5, 0.6) is 0 Å². The van der Waals surface area contributed by atoms with Crippen LogP contribution in [0, 0.1) is 0 Å². The van der Waals surface area contributed by atoms with Crippen molar-refractivity contribution in [2.75, 3.05) is 44.3 Å². The van der Waals surface area contributed by atoms with Crippen molar-refractivity contribution in [2.45, 2.75) is 12.5 Å². The molecule has 0 aromatic heterocycles. The summed E-state index contributed by atoms with van der Waals surface area (Å²) in [6, 6.07) is 4.95. The highest BCUT2D eigenvalue weighted by molar-refractivity contribution is 6.01. The molecule has 1 aromatic carbocycles. The Kier molecular flexibility index (Phi) is 4.94. The maximum Gasteiger partial charge on any atom is 0.192 e. The van der Waals surface area contributed by atoms with Crippen molar-refractivity contribution in [1.82, 2.24) is 4.90 Å². The molecule has 6 N–H and O–H groups in total. The van der Waals surface area contributed by atoms with Crippen molar-refractivity contribution in [2.24, 2.45) is 5.73 Å². The lowest BCUT2D eigenvalue weighted by Gasteiger charge is -2.32. The first-order chi connectivity index (χ1) is 9.61. The van der Waals surface area contributed by atoms with Gasteiger partial charge in [-0.15, -0.1) is 0 Å². The van der Waals surface area contributed by atoms with E-state index in [9.17, 15) is 4.79 Å². The third-order valence-corrected chi connectivity index (χ3v) is 3.49. The molecule has 2 rings (SSSR count). The third kappa shape index (κ3) is 3.47. The molecule has 0 radical (unpaired) electrons. The fourth-order valence-corrected chi connectivity index (χ4v) is 2.29. The highest BCUT2D eigenvalue weighted by Gasteiger charge is 2.27. The summed E-state index contributed by atoms with van der Waals surface area (Å²) in [4.78, 5) is 14.6. The number of anilines is 2. The summed E-state index contributed by atoms with van der Waals surface area (Å²) >= 11 is 0. The molecule has 1 aromatic rings.